The smallest absolute Gasteiger partial charge is 0.165 e. The van der Waals surface area contributed by atoms with Crippen molar-refractivity contribution in [2.45, 2.75) is 25.9 Å². The predicted molar refractivity (Wildman–Crippen MR) is 72.4 cm³/mol. The van der Waals surface area contributed by atoms with Gasteiger partial charge in [0.2, 0.25) is 0 Å². The Labute approximate surface area is 110 Å². The van der Waals surface area contributed by atoms with E-state index in [4.69, 9.17) is 0 Å². The first-order valence-corrected chi connectivity index (χ1v) is 6.82. The Hall–Kier alpha value is -1.39. The van der Waals surface area contributed by atoms with Crippen LogP contribution in [0.1, 0.15) is 18.1 Å². The standard InChI is InChI=1S/C14H16FNOS/c1-10(7-11-5-6-18-9-11)16-8-12-3-2-4-13(15)14(12)17/h2-6,9-10,16-17H,7-8H2,1H3. The third-order valence-corrected chi connectivity index (χ3v) is 3.57. The highest BCUT2D eigenvalue weighted by molar-refractivity contribution is 7.07. The van der Waals surface area contributed by atoms with E-state index >= 15 is 0 Å². The maximum absolute atomic E-state index is 13.1. The van der Waals surface area contributed by atoms with Crippen molar-refractivity contribution in [2.24, 2.45) is 0 Å². The Balaban J connectivity index is 1.89. The monoisotopic (exact) mass is 265 g/mol. The highest BCUT2D eigenvalue weighted by Crippen LogP contribution is 2.20. The van der Waals surface area contributed by atoms with Crippen molar-refractivity contribution in [1.82, 2.24) is 5.32 Å². The third-order valence-electron chi connectivity index (χ3n) is 2.83. The van der Waals surface area contributed by atoms with Gasteiger partial charge >= 0.3 is 0 Å². The van der Waals surface area contributed by atoms with Gasteiger partial charge < -0.3 is 10.4 Å². The van der Waals surface area contributed by atoms with E-state index < -0.39 is 5.82 Å². The van der Waals surface area contributed by atoms with Crippen molar-refractivity contribution in [2.75, 3.05) is 0 Å². The molecular weight excluding hydrogens is 249 g/mol. The van der Waals surface area contributed by atoms with Crippen molar-refractivity contribution in [1.29, 1.82) is 0 Å². The van der Waals surface area contributed by atoms with Crippen LogP contribution >= 0.6 is 11.3 Å². The summed E-state index contributed by atoms with van der Waals surface area (Å²) in [4.78, 5) is 0. The van der Waals surface area contributed by atoms with Gasteiger partial charge in [-0.2, -0.15) is 11.3 Å². The molecule has 0 aliphatic rings. The molecular formula is C14H16FNOS. The normalized spacial score (nSPS) is 12.6. The second-order valence-electron chi connectivity index (χ2n) is 4.37. The number of rotatable bonds is 5. The molecule has 0 radical (unpaired) electrons. The Bertz CT molecular complexity index is 499. The minimum atomic E-state index is -0.570. The molecule has 2 N–H and O–H groups in total. The maximum Gasteiger partial charge on any atom is 0.165 e. The summed E-state index contributed by atoms with van der Waals surface area (Å²) in [5.74, 6) is -0.826. The molecule has 0 bridgehead atoms. The maximum atomic E-state index is 13.1. The number of thiophene rings is 1. The van der Waals surface area contributed by atoms with Crippen LogP contribution in [0.25, 0.3) is 0 Å². The van der Waals surface area contributed by atoms with Gasteiger partial charge in [-0.25, -0.2) is 4.39 Å². The zero-order valence-corrected chi connectivity index (χ0v) is 11.0. The van der Waals surface area contributed by atoms with Gasteiger partial charge in [-0.1, -0.05) is 12.1 Å². The first-order valence-electron chi connectivity index (χ1n) is 5.87. The molecule has 0 aliphatic heterocycles. The van der Waals surface area contributed by atoms with Crippen LogP contribution in [0.2, 0.25) is 0 Å². The quantitative estimate of drug-likeness (QED) is 0.869. The lowest BCUT2D eigenvalue weighted by atomic mass is 10.1. The van der Waals surface area contributed by atoms with Crippen LogP contribution in [0, 0.1) is 5.82 Å². The fraction of sp³-hybridized carbons (Fsp3) is 0.286. The summed E-state index contributed by atoms with van der Waals surface area (Å²) in [6, 6.07) is 6.97. The molecule has 0 fully saturated rings. The van der Waals surface area contributed by atoms with Crippen molar-refractivity contribution in [3.63, 3.8) is 0 Å². The third kappa shape index (κ3) is 3.31. The molecule has 1 atom stereocenters. The van der Waals surface area contributed by atoms with Crippen LogP contribution in [-0.4, -0.2) is 11.1 Å². The van der Waals surface area contributed by atoms with Gasteiger partial charge in [0, 0.05) is 18.2 Å². The lowest BCUT2D eigenvalue weighted by molar-refractivity contribution is 0.420. The zero-order chi connectivity index (χ0) is 13.0. The molecule has 2 rings (SSSR count). The Morgan fingerprint density at radius 2 is 2.22 bits per heavy atom. The van der Waals surface area contributed by atoms with Gasteiger partial charge in [-0.15, -0.1) is 0 Å². The highest BCUT2D eigenvalue weighted by Gasteiger charge is 2.08. The van der Waals surface area contributed by atoms with E-state index in [1.807, 2.05) is 0 Å². The number of benzene rings is 1. The number of halogens is 1. The van der Waals surface area contributed by atoms with Gasteiger partial charge in [-0.05, 0) is 41.8 Å². The molecule has 4 heteroatoms. The summed E-state index contributed by atoms with van der Waals surface area (Å²) >= 11 is 1.68. The van der Waals surface area contributed by atoms with Gasteiger partial charge in [0.05, 0.1) is 0 Å². The second kappa shape index (κ2) is 5.98. The number of aromatic hydroxyl groups is 1. The van der Waals surface area contributed by atoms with Crippen molar-refractivity contribution >= 4 is 11.3 Å². The van der Waals surface area contributed by atoms with Gasteiger partial charge in [0.15, 0.2) is 11.6 Å². The minimum absolute atomic E-state index is 0.257. The average molecular weight is 265 g/mol. The molecule has 18 heavy (non-hydrogen) atoms. The Morgan fingerprint density at radius 3 is 2.94 bits per heavy atom. The predicted octanol–water partition coefficient (Wildman–Crippen LogP) is 3.31. The van der Waals surface area contributed by atoms with E-state index in [1.165, 1.54) is 11.6 Å². The largest absolute Gasteiger partial charge is 0.505 e. The zero-order valence-electron chi connectivity index (χ0n) is 10.2. The molecule has 0 saturated carbocycles. The molecule has 96 valence electrons. The Kier molecular flexibility index (Phi) is 4.33. The van der Waals surface area contributed by atoms with Crippen LogP contribution in [0.15, 0.2) is 35.0 Å². The molecule has 0 saturated heterocycles. The van der Waals surface area contributed by atoms with Crippen molar-refractivity contribution in [3.8, 4) is 5.75 Å². The SMILES string of the molecule is CC(Cc1ccsc1)NCc1cccc(F)c1O. The van der Waals surface area contributed by atoms with E-state index in [1.54, 1.807) is 23.5 Å². The summed E-state index contributed by atoms with van der Waals surface area (Å²) in [5, 5.41) is 17.0. The molecule has 0 aliphatic carbocycles. The number of hydrogen-bond donors (Lipinski definition) is 2. The highest BCUT2D eigenvalue weighted by atomic mass is 32.1. The van der Waals surface area contributed by atoms with E-state index in [0.29, 0.717) is 12.1 Å². The van der Waals surface area contributed by atoms with E-state index in [-0.39, 0.29) is 11.8 Å². The molecule has 0 amide bonds. The first-order chi connectivity index (χ1) is 8.66. The van der Waals surface area contributed by atoms with Crippen LogP contribution < -0.4 is 5.32 Å². The molecule has 0 spiro atoms. The summed E-state index contributed by atoms with van der Waals surface area (Å²) < 4.78 is 13.1. The van der Waals surface area contributed by atoms with Gasteiger partial charge in [0.25, 0.3) is 0 Å². The lowest BCUT2D eigenvalue weighted by Gasteiger charge is -2.14. The number of para-hydroxylation sites is 1. The summed E-state index contributed by atoms with van der Waals surface area (Å²) in [6.45, 7) is 2.54. The lowest BCUT2D eigenvalue weighted by Crippen LogP contribution is -2.27. The van der Waals surface area contributed by atoms with Crippen LogP contribution in [0.5, 0.6) is 5.75 Å². The van der Waals surface area contributed by atoms with E-state index in [9.17, 15) is 9.50 Å². The molecule has 2 nitrogen and oxygen atoms in total. The summed E-state index contributed by atoms with van der Waals surface area (Å²) in [6.07, 6.45) is 0.930. The molecule has 2 aromatic rings. The average Bonchev–Trinajstić information content (AvgIpc) is 2.84. The number of phenolic OH excluding ortho intramolecular Hbond substituents is 1. The van der Waals surface area contributed by atoms with Crippen LogP contribution in [0.4, 0.5) is 4.39 Å². The fourth-order valence-corrected chi connectivity index (χ4v) is 2.50. The molecule has 1 unspecified atom stereocenters. The number of nitrogens with one attached hydrogen (secondary N) is 1. The summed E-state index contributed by atoms with van der Waals surface area (Å²) in [7, 11) is 0. The number of hydrogen-bond acceptors (Lipinski definition) is 3. The topological polar surface area (TPSA) is 32.3 Å². The van der Waals surface area contributed by atoms with E-state index in [0.717, 1.165) is 6.42 Å². The van der Waals surface area contributed by atoms with Gasteiger partial charge in [0.1, 0.15) is 0 Å². The minimum Gasteiger partial charge on any atom is -0.505 e. The molecule has 1 heterocycles. The van der Waals surface area contributed by atoms with Gasteiger partial charge in [-0.3, -0.25) is 0 Å². The first kappa shape index (κ1) is 13.1. The van der Waals surface area contributed by atoms with Crippen molar-refractivity contribution in [3.05, 3.63) is 52.0 Å². The second-order valence-corrected chi connectivity index (χ2v) is 5.15. The summed E-state index contributed by atoms with van der Waals surface area (Å²) in [5.41, 5.74) is 1.88. The molecule has 1 aromatic heterocycles. The van der Waals surface area contributed by atoms with Crippen molar-refractivity contribution < 1.29 is 9.50 Å². The van der Waals surface area contributed by atoms with Crippen LogP contribution in [-0.2, 0) is 13.0 Å². The number of phenols is 1. The Morgan fingerprint density at radius 1 is 1.39 bits per heavy atom. The van der Waals surface area contributed by atoms with Crippen LogP contribution in [0.3, 0.4) is 0 Å². The molecule has 1 aromatic carbocycles. The fourth-order valence-electron chi connectivity index (χ4n) is 1.82. The van der Waals surface area contributed by atoms with E-state index in [2.05, 4.69) is 29.1 Å².